The van der Waals surface area contributed by atoms with Crippen molar-refractivity contribution in [1.29, 1.82) is 10.5 Å². The zero-order valence-corrected chi connectivity index (χ0v) is 14.1. The molecule has 0 aromatic heterocycles. The number of Topliss-reactive ketones (excluding diaryl/α,β-unsaturated/α-hetero) is 1. The highest BCUT2D eigenvalue weighted by Gasteiger charge is 2.26. The van der Waals surface area contributed by atoms with Crippen molar-refractivity contribution in [2.24, 2.45) is 5.92 Å². The van der Waals surface area contributed by atoms with E-state index in [0.29, 0.717) is 21.2 Å². The molecular formula is C18H14Cl2N2O2. The SMILES string of the molecule is N#CC(C#N)C(CC(=O)c1ccccc1)c1ccc(Cl)c(Cl)c1.O. The summed E-state index contributed by atoms with van der Waals surface area (Å²) in [6.45, 7) is 0. The number of ketones is 1. The van der Waals surface area contributed by atoms with Crippen LogP contribution in [0.4, 0.5) is 0 Å². The standard InChI is InChI=1S/C18H12Cl2N2O.H2O/c19-16-7-6-13(8-17(16)20)15(14(10-21)11-22)9-18(23)12-4-2-1-3-5-12;/h1-8,14-15H,9H2;1H2. The monoisotopic (exact) mass is 360 g/mol. The van der Waals surface area contributed by atoms with Gasteiger partial charge in [0.05, 0.1) is 22.2 Å². The van der Waals surface area contributed by atoms with E-state index in [1.807, 2.05) is 18.2 Å². The average molecular weight is 361 g/mol. The van der Waals surface area contributed by atoms with E-state index in [9.17, 15) is 15.3 Å². The summed E-state index contributed by atoms with van der Waals surface area (Å²) in [5, 5.41) is 19.2. The van der Waals surface area contributed by atoms with Crippen LogP contribution in [0.5, 0.6) is 0 Å². The fraction of sp³-hybridized carbons (Fsp3) is 0.167. The van der Waals surface area contributed by atoms with Gasteiger partial charge >= 0.3 is 0 Å². The molecule has 6 heteroatoms. The number of halogens is 2. The second-order valence-electron chi connectivity index (χ2n) is 5.01. The average Bonchev–Trinajstić information content (AvgIpc) is 2.58. The fourth-order valence-electron chi connectivity index (χ4n) is 2.32. The van der Waals surface area contributed by atoms with Gasteiger partial charge in [-0.3, -0.25) is 4.79 Å². The highest BCUT2D eigenvalue weighted by atomic mass is 35.5. The number of rotatable bonds is 5. The molecule has 2 rings (SSSR count). The second-order valence-corrected chi connectivity index (χ2v) is 5.82. The minimum absolute atomic E-state index is 0. The highest BCUT2D eigenvalue weighted by Crippen LogP contribution is 2.33. The van der Waals surface area contributed by atoms with Gasteiger partial charge in [-0.05, 0) is 17.7 Å². The predicted molar refractivity (Wildman–Crippen MR) is 92.9 cm³/mol. The zero-order valence-electron chi connectivity index (χ0n) is 12.5. The van der Waals surface area contributed by atoms with E-state index in [1.54, 1.807) is 42.5 Å². The van der Waals surface area contributed by atoms with E-state index in [0.717, 1.165) is 0 Å². The van der Waals surface area contributed by atoms with Crippen molar-refractivity contribution in [2.75, 3.05) is 0 Å². The molecule has 0 saturated carbocycles. The Morgan fingerprint density at radius 3 is 2.17 bits per heavy atom. The Bertz CT molecular complexity index is 781. The quantitative estimate of drug-likeness (QED) is 0.747. The van der Waals surface area contributed by atoms with Crippen molar-refractivity contribution in [3.05, 3.63) is 69.7 Å². The van der Waals surface area contributed by atoms with E-state index < -0.39 is 11.8 Å². The van der Waals surface area contributed by atoms with Gasteiger partial charge in [-0.1, -0.05) is 59.6 Å². The van der Waals surface area contributed by atoms with Gasteiger partial charge in [0.25, 0.3) is 0 Å². The van der Waals surface area contributed by atoms with E-state index in [1.165, 1.54) is 0 Å². The van der Waals surface area contributed by atoms with Gasteiger partial charge in [-0.25, -0.2) is 0 Å². The van der Waals surface area contributed by atoms with Crippen molar-refractivity contribution < 1.29 is 10.3 Å². The van der Waals surface area contributed by atoms with Crippen molar-refractivity contribution in [2.45, 2.75) is 12.3 Å². The number of carbonyl (C=O) groups excluding carboxylic acids is 1. The molecule has 0 fully saturated rings. The van der Waals surface area contributed by atoms with E-state index in [4.69, 9.17) is 23.2 Å². The molecule has 0 amide bonds. The number of hydrogen-bond donors (Lipinski definition) is 0. The van der Waals surface area contributed by atoms with Crippen LogP contribution in [0.15, 0.2) is 48.5 Å². The van der Waals surface area contributed by atoms with Crippen molar-refractivity contribution in [3.63, 3.8) is 0 Å². The van der Waals surface area contributed by atoms with Gasteiger partial charge < -0.3 is 5.48 Å². The van der Waals surface area contributed by atoms with Crippen LogP contribution in [-0.2, 0) is 0 Å². The van der Waals surface area contributed by atoms with Crippen molar-refractivity contribution in [1.82, 2.24) is 0 Å². The molecule has 2 aromatic rings. The molecule has 0 bridgehead atoms. The summed E-state index contributed by atoms with van der Waals surface area (Å²) in [5.41, 5.74) is 1.20. The zero-order chi connectivity index (χ0) is 16.8. The topological polar surface area (TPSA) is 96.2 Å². The van der Waals surface area contributed by atoms with Gasteiger partial charge in [-0.15, -0.1) is 0 Å². The maximum absolute atomic E-state index is 12.4. The Morgan fingerprint density at radius 2 is 1.62 bits per heavy atom. The van der Waals surface area contributed by atoms with Crippen LogP contribution in [-0.4, -0.2) is 11.3 Å². The van der Waals surface area contributed by atoms with Gasteiger partial charge in [0.1, 0.15) is 5.92 Å². The first kappa shape index (κ1) is 19.7. The third-order valence-electron chi connectivity index (χ3n) is 3.55. The minimum atomic E-state index is -0.945. The Labute approximate surface area is 150 Å². The van der Waals surface area contributed by atoms with Crippen LogP contribution >= 0.6 is 23.2 Å². The maximum Gasteiger partial charge on any atom is 0.163 e. The lowest BCUT2D eigenvalue weighted by atomic mass is 9.83. The predicted octanol–water partition coefficient (Wildman–Crippen LogP) is 4.19. The normalized spacial score (nSPS) is 11.0. The summed E-state index contributed by atoms with van der Waals surface area (Å²) in [6.07, 6.45) is 0.0494. The number of nitrogens with zero attached hydrogens (tertiary/aromatic N) is 2. The van der Waals surface area contributed by atoms with Crippen LogP contribution in [0.2, 0.25) is 10.0 Å². The number of benzene rings is 2. The van der Waals surface area contributed by atoms with Gasteiger partial charge in [0.2, 0.25) is 0 Å². The Hall–Kier alpha value is -2.37. The lowest BCUT2D eigenvalue weighted by Crippen LogP contribution is -2.15. The Morgan fingerprint density at radius 1 is 1.00 bits per heavy atom. The summed E-state index contributed by atoms with van der Waals surface area (Å²) >= 11 is 11.9. The number of carbonyl (C=O) groups is 1. The molecule has 0 heterocycles. The molecule has 1 atom stereocenters. The first-order chi connectivity index (χ1) is 11.1. The van der Waals surface area contributed by atoms with Gasteiger partial charge in [0.15, 0.2) is 5.78 Å². The third kappa shape index (κ3) is 4.57. The molecule has 2 aromatic carbocycles. The smallest absolute Gasteiger partial charge is 0.163 e. The summed E-state index contributed by atoms with van der Waals surface area (Å²) < 4.78 is 0. The second kappa shape index (κ2) is 9.05. The van der Waals surface area contributed by atoms with E-state index in [-0.39, 0.29) is 17.7 Å². The minimum Gasteiger partial charge on any atom is -0.412 e. The molecule has 0 aliphatic rings. The molecule has 0 radical (unpaired) electrons. The highest BCUT2D eigenvalue weighted by molar-refractivity contribution is 6.42. The Kier molecular flexibility index (Phi) is 7.42. The van der Waals surface area contributed by atoms with Crippen LogP contribution in [0.3, 0.4) is 0 Å². The molecule has 0 aliphatic heterocycles. The lowest BCUT2D eigenvalue weighted by molar-refractivity contribution is 0.0971. The molecule has 2 N–H and O–H groups in total. The number of hydrogen-bond acceptors (Lipinski definition) is 3. The van der Waals surface area contributed by atoms with Crippen LogP contribution in [0.25, 0.3) is 0 Å². The summed E-state index contributed by atoms with van der Waals surface area (Å²) in [6, 6.07) is 17.6. The van der Waals surface area contributed by atoms with Crippen molar-refractivity contribution >= 4 is 29.0 Å². The van der Waals surface area contributed by atoms with Crippen molar-refractivity contribution in [3.8, 4) is 12.1 Å². The molecule has 0 aliphatic carbocycles. The van der Waals surface area contributed by atoms with Crippen LogP contribution in [0.1, 0.15) is 28.3 Å². The van der Waals surface area contributed by atoms with E-state index in [2.05, 4.69) is 0 Å². The molecular weight excluding hydrogens is 347 g/mol. The van der Waals surface area contributed by atoms with E-state index >= 15 is 0 Å². The molecule has 24 heavy (non-hydrogen) atoms. The first-order valence-corrected chi connectivity index (χ1v) is 7.65. The van der Waals surface area contributed by atoms with Crippen LogP contribution in [0, 0.1) is 28.6 Å². The Balaban J connectivity index is 0.00000288. The summed E-state index contributed by atoms with van der Waals surface area (Å²) in [7, 11) is 0. The summed E-state index contributed by atoms with van der Waals surface area (Å²) in [5.74, 6) is -1.63. The third-order valence-corrected chi connectivity index (χ3v) is 4.29. The molecule has 1 unspecified atom stereocenters. The molecule has 0 spiro atoms. The fourth-order valence-corrected chi connectivity index (χ4v) is 2.63. The molecule has 0 saturated heterocycles. The largest absolute Gasteiger partial charge is 0.412 e. The lowest BCUT2D eigenvalue weighted by Gasteiger charge is -2.18. The number of nitriles is 2. The first-order valence-electron chi connectivity index (χ1n) is 6.89. The molecule has 4 nitrogen and oxygen atoms in total. The maximum atomic E-state index is 12.4. The van der Waals surface area contributed by atoms with Gasteiger partial charge in [-0.2, -0.15) is 10.5 Å². The summed E-state index contributed by atoms with van der Waals surface area (Å²) in [4.78, 5) is 12.4. The van der Waals surface area contributed by atoms with Crippen LogP contribution < -0.4 is 0 Å². The molecule has 122 valence electrons. The van der Waals surface area contributed by atoms with Gasteiger partial charge in [0, 0.05) is 17.9 Å².